The topological polar surface area (TPSA) is 20.2 Å². The zero-order valence-corrected chi connectivity index (χ0v) is 11.3. The first-order valence-corrected chi connectivity index (χ1v) is 7.19. The molecular weight excluding hydrogens is 240 g/mol. The Morgan fingerprint density at radius 3 is 2.56 bits per heavy atom. The Labute approximate surface area is 112 Å². The number of aliphatic hydroxyl groups excluding tert-OH is 1. The molecule has 94 valence electrons. The van der Waals surface area contributed by atoms with Crippen LogP contribution in [-0.2, 0) is 0 Å². The van der Waals surface area contributed by atoms with Crippen LogP contribution in [0.25, 0.3) is 0 Å². The van der Waals surface area contributed by atoms with Crippen molar-refractivity contribution < 1.29 is 5.11 Å². The van der Waals surface area contributed by atoms with Crippen molar-refractivity contribution in [1.29, 1.82) is 0 Å². The van der Waals surface area contributed by atoms with E-state index in [0.717, 1.165) is 17.5 Å². The van der Waals surface area contributed by atoms with Gasteiger partial charge in [-0.3, -0.25) is 0 Å². The second kappa shape index (κ2) is 6.53. The van der Waals surface area contributed by atoms with Crippen LogP contribution >= 0.6 is 11.3 Å². The molecule has 1 heterocycles. The number of allylic oxidation sites excluding steroid dienone is 1. The fourth-order valence-corrected chi connectivity index (χ4v) is 2.70. The van der Waals surface area contributed by atoms with Gasteiger partial charge in [-0.25, -0.2) is 0 Å². The Bertz CT molecular complexity index is 473. The highest BCUT2D eigenvalue weighted by Crippen LogP contribution is 2.33. The van der Waals surface area contributed by atoms with E-state index >= 15 is 0 Å². The van der Waals surface area contributed by atoms with E-state index in [0.29, 0.717) is 0 Å². The highest BCUT2D eigenvalue weighted by atomic mass is 32.1. The summed E-state index contributed by atoms with van der Waals surface area (Å²) in [6, 6.07) is 12.2. The van der Waals surface area contributed by atoms with E-state index < -0.39 is 6.10 Å². The molecule has 1 aromatic heterocycles. The lowest BCUT2D eigenvalue weighted by atomic mass is 9.90. The van der Waals surface area contributed by atoms with E-state index in [1.165, 1.54) is 0 Å². The summed E-state index contributed by atoms with van der Waals surface area (Å²) in [4.78, 5) is 0. The summed E-state index contributed by atoms with van der Waals surface area (Å²) >= 11 is 1.62. The molecule has 0 aliphatic carbocycles. The van der Waals surface area contributed by atoms with Crippen LogP contribution in [0.15, 0.2) is 59.3 Å². The fraction of sp³-hybridized carbons (Fsp3) is 0.250. The zero-order valence-electron chi connectivity index (χ0n) is 10.5. The largest absolute Gasteiger partial charge is 0.387 e. The SMILES string of the molecule is CCC=C[C@H](c1ccccc1)[C@H](O)c1ccsc1. The second-order valence-corrected chi connectivity index (χ2v) is 5.05. The van der Waals surface area contributed by atoms with Crippen molar-refractivity contribution in [1.82, 2.24) is 0 Å². The molecule has 0 bridgehead atoms. The van der Waals surface area contributed by atoms with E-state index in [4.69, 9.17) is 0 Å². The molecule has 0 aliphatic heterocycles. The molecule has 0 fully saturated rings. The third-order valence-electron chi connectivity index (χ3n) is 2.99. The molecule has 2 atom stereocenters. The van der Waals surface area contributed by atoms with Crippen molar-refractivity contribution in [3.8, 4) is 0 Å². The van der Waals surface area contributed by atoms with Gasteiger partial charge in [0.2, 0.25) is 0 Å². The molecule has 0 saturated carbocycles. The molecule has 0 unspecified atom stereocenters. The van der Waals surface area contributed by atoms with Gasteiger partial charge in [-0.2, -0.15) is 11.3 Å². The average Bonchev–Trinajstić information content (AvgIpc) is 2.94. The zero-order chi connectivity index (χ0) is 12.8. The molecule has 0 saturated heterocycles. The number of hydrogen-bond donors (Lipinski definition) is 1. The van der Waals surface area contributed by atoms with Crippen LogP contribution in [0.2, 0.25) is 0 Å². The van der Waals surface area contributed by atoms with Crippen molar-refractivity contribution in [2.45, 2.75) is 25.4 Å². The standard InChI is InChI=1S/C16H18OS/c1-2-3-9-15(13-7-5-4-6-8-13)16(17)14-10-11-18-12-14/h3-12,15-17H,2H2,1H3/t15-,16-/m1/s1. The van der Waals surface area contributed by atoms with Crippen molar-refractivity contribution in [3.63, 3.8) is 0 Å². The maximum absolute atomic E-state index is 10.5. The lowest BCUT2D eigenvalue weighted by molar-refractivity contribution is 0.162. The van der Waals surface area contributed by atoms with E-state index in [-0.39, 0.29) is 5.92 Å². The monoisotopic (exact) mass is 258 g/mol. The summed E-state index contributed by atoms with van der Waals surface area (Å²) in [6.07, 6.45) is 4.74. The first-order valence-electron chi connectivity index (χ1n) is 6.24. The molecular formula is C16H18OS. The van der Waals surface area contributed by atoms with E-state index in [9.17, 15) is 5.11 Å². The first kappa shape index (κ1) is 13.1. The van der Waals surface area contributed by atoms with E-state index in [1.807, 2.05) is 35.0 Å². The highest BCUT2D eigenvalue weighted by molar-refractivity contribution is 7.07. The maximum Gasteiger partial charge on any atom is 0.0901 e. The van der Waals surface area contributed by atoms with Crippen LogP contribution in [0, 0.1) is 0 Å². The Hall–Kier alpha value is -1.38. The van der Waals surface area contributed by atoms with Crippen LogP contribution in [0.1, 0.15) is 36.5 Å². The van der Waals surface area contributed by atoms with Gasteiger partial charge >= 0.3 is 0 Å². The Kier molecular flexibility index (Phi) is 4.73. The Morgan fingerprint density at radius 1 is 1.17 bits per heavy atom. The summed E-state index contributed by atoms with van der Waals surface area (Å²) in [6.45, 7) is 2.11. The molecule has 2 rings (SSSR count). The minimum atomic E-state index is -0.471. The number of rotatable bonds is 5. The fourth-order valence-electron chi connectivity index (χ4n) is 2.01. The molecule has 2 heteroatoms. The molecule has 0 amide bonds. The van der Waals surface area contributed by atoms with E-state index in [1.54, 1.807) is 11.3 Å². The maximum atomic E-state index is 10.5. The summed E-state index contributed by atoms with van der Waals surface area (Å²) in [5.41, 5.74) is 2.15. The second-order valence-electron chi connectivity index (χ2n) is 4.27. The van der Waals surface area contributed by atoms with Gasteiger partial charge in [0, 0.05) is 5.92 Å². The van der Waals surface area contributed by atoms with Crippen molar-refractivity contribution in [2.75, 3.05) is 0 Å². The van der Waals surface area contributed by atoms with Gasteiger partial charge < -0.3 is 5.11 Å². The van der Waals surface area contributed by atoms with Gasteiger partial charge in [-0.05, 0) is 34.4 Å². The third-order valence-corrected chi connectivity index (χ3v) is 3.69. The van der Waals surface area contributed by atoms with Gasteiger partial charge in [0.1, 0.15) is 0 Å². The van der Waals surface area contributed by atoms with Crippen LogP contribution in [-0.4, -0.2) is 5.11 Å². The van der Waals surface area contributed by atoms with Crippen LogP contribution < -0.4 is 0 Å². The predicted octanol–water partition coefficient (Wildman–Crippen LogP) is 4.53. The predicted molar refractivity (Wildman–Crippen MR) is 77.9 cm³/mol. The minimum Gasteiger partial charge on any atom is -0.387 e. The molecule has 0 radical (unpaired) electrons. The van der Waals surface area contributed by atoms with Gasteiger partial charge in [0.05, 0.1) is 6.10 Å². The number of benzene rings is 1. The van der Waals surface area contributed by atoms with Crippen molar-refractivity contribution in [3.05, 3.63) is 70.4 Å². The number of hydrogen-bond acceptors (Lipinski definition) is 2. The molecule has 1 N–H and O–H groups in total. The van der Waals surface area contributed by atoms with Crippen LogP contribution in [0.3, 0.4) is 0 Å². The molecule has 0 spiro atoms. The molecule has 18 heavy (non-hydrogen) atoms. The minimum absolute atomic E-state index is 0.0285. The summed E-state index contributed by atoms with van der Waals surface area (Å²) in [5, 5.41) is 14.5. The Balaban J connectivity index is 2.28. The van der Waals surface area contributed by atoms with Crippen LogP contribution in [0.5, 0.6) is 0 Å². The Morgan fingerprint density at radius 2 is 1.94 bits per heavy atom. The molecule has 1 aromatic carbocycles. The number of thiophene rings is 1. The summed E-state index contributed by atoms with van der Waals surface area (Å²) in [7, 11) is 0. The van der Waals surface area contributed by atoms with Crippen molar-refractivity contribution >= 4 is 11.3 Å². The number of aliphatic hydroxyl groups is 1. The molecule has 0 aliphatic rings. The van der Waals surface area contributed by atoms with E-state index in [2.05, 4.69) is 31.2 Å². The third kappa shape index (κ3) is 3.09. The molecule has 2 aromatic rings. The van der Waals surface area contributed by atoms with Gasteiger partial charge in [-0.15, -0.1) is 0 Å². The highest BCUT2D eigenvalue weighted by Gasteiger charge is 2.20. The van der Waals surface area contributed by atoms with Gasteiger partial charge in [-0.1, -0.05) is 49.4 Å². The quantitative estimate of drug-likeness (QED) is 0.781. The summed E-state index contributed by atoms with van der Waals surface area (Å²) < 4.78 is 0. The first-order chi connectivity index (χ1) is 8.83. The van der Waals surface area contributed by atoms with Gasteiger partial charge in [0.25, 0.3) is 0 Å². The van der Waals surface area contributed by atoms with Crippen molar-refractivity contribution in [2.24, 2.45) is 0 Å². The smallest absolute Gasteiger partial charge is 0.0901 e. The lowest BCUT2D eigenvalue weighted by Crippen LogP contribution is -2.08. The summed E-state index contributed by atoms with van der Waals surface area (Å²) in [5.74, 6) is 0.0285. The lowest BCUT2D eigenvalue weighted by Gasteiger charge is -2.19. The van der Waals surface area contributed by atoms with Gasteiger partial charge in [0.15, 0.2) is 0 Å². The van der Waals surface area contributed by atoms with Crippen LogP contribution in [0.4, 0.5) is 0 Å². The average molecular weight is 258 g/mol. The molecule has 1 nitrogen and oxygen atoms in total. The normalized spacial score (nSPS) is 14.8.